The number of nitrogens with one attached hydrogen (secondary N) is 3. The van der Waals surface area contributed by atoms with Crippen molar-refractivity contribution in [3.8, 4) is 6.07 Å². The maximum atomic E-state index is 13.7. The van der Waals surface area contributed by atoms with Crippen molar-refractivity contribution in [2.75, 3.05) is 18.8 Å². The van der Waals surface area contributed by atoms with Crippen LogP contribution in [0.1, 0.15) is 159 Å². The second kappa shape index (κ2) is 25.8. The average molecular weight is 975 g/mol. The molecule has 0 spiro atoms. The number of aromatic nitrogens is 2. The van der Waals surface area contributed by atoms with Crippen LogP contribution in [0.5, 0.6) is 0 Å². The van der Waals surface area contributed by atoms with Crippen LogP contribution >= 0.6 is 11.6 Å². The van der Waals surface area contributed by atoms with Gasteiger partial charge in [-0.2, -0.15) is 15.5 Å². The number of carbonyl (C=O) groups excluding carboxylic acids is 2. The summed E-state index contributed by atoms with van der Waals surface area (Å²) in [6.07, 6.45) is 13.2. The molecule has 0 bridgehead atoms. The topological polar surface area (TPSA) is 254 Å². The fraction of sp³-hybridized carbons (Fsp3) is 0.850. The van der Waals surface area contributed by atoms with Gasteiger partial charge < -0.3 is 19.7 Å². The summed E-state index contributed by atoms with van der Waals surface area (Å²) >= 11 is 6.48. The molecule has 1 saturated heterocycles. The van der Waals surface area contributed by atoms with Crippen LogP contribution in [-0.4, -0.2) is 112 Å². The molecule has 7 atom stereocenters. The van der Waals surface area contributed by atoms with E-state index in [9.17, 15) is 40.8 Å². The van der Waals surface area contributed by atoms with E-state index >= 15 is 0 Å². The first-order chi connectivity index (χ1) is 28.6. The van der Waals surface area contributed by atoms with Crippen LogP contribution in [-0.2, 0) is 29.8 Å². The minimum atomic E-state index is -4.52. The van der Waals surface area contributed by atoms with E-state index in [2.05, 4.69) is 26.9 Å². The van der Waals surface area contributed by atoms with Crippen molar-refractivity contribution < 1.29 is 138 Å². The van der Waals surface area contributed by atoms with E-state index in [1.807, 2.05) is 0 Å². The first kappa shape index (κ1) is 55.1. The van der Waals surface area contributed by atoms with Gasteiger partial charge in [-0.15, -0.1) is 16.7 Å². The normalized spacial score (nSPS) is 30.2. The number of hydrogen-bond donors (Lipinski definition) is 3. The number of unbranched alkanes of at least 4 members (excludes halogenated alkanes) is 1. The number of carbonyl (C=O) groups is 2. The quantitative estimate of drug-likeness (QED) is 0.0628. The van der Waals surface area contributed by atoms with Crippen LogP contribution in [0.15, 0.2) is 10.2 Å². The van der Waals surface area contributed by atoms with Gasteiger partial charge in [-0.1, -0.05) is 25.7 Å². The Balaban J connectivity index is 0.00000422. The van der Waals surface area contributed by atoms with E-state index in [-0.39, 0.29) is 169 Å². The monoisotopic (exact) mass is 973 g/mol. The summed E-state index contributed by atoms with van der Waals surface area (Å²) in [5.41, 5.74) is 0.999. The van der Waals surface area contributed by atoms with Gasteiger partial charge in [0.25, 0.3) is 0 Å². The number of nitriles is 1. The molecule has 0 radical (unpaired) electrons. The Labute approximate surface area is 457 Å². The van der Waals surface area contributed by atoms with Gasteiger partial charge in [0.2, 0.25) is 11.8 Å². The molecule has 3 N–H and O–H groups in total. The number of halogens is 1. The molecule has 7 unspecified atom stereocenters. The summed E-state index contributed by atoms with van der Waals surface area (Å²) in [4.78, 5) is 28.8. The Morgan fingerprint density at radius 3 is 2.26 bits per heavy atom. The van der Waals surface area contributed by atoms with E-state index in [0.717, 1.165) is 70.6 Å². The molecule has 4 aliphatic carbocycles. The van der Waals surface area contributed by atoms with Crippen molar-refractivity contribution in [2.24, 2.45) is 16.1 Å². The van der Waals surface area contributed by atoms with Crippen molar-refractivity contribution in [3.63, 3.8) is 0 Å². The van der Waals surface area contributed by atoms with Gasteiger partial charge in [0, 0.05) is 42.0 Å². The van der Waals surface area contributed by atoms with Crippen LogP contribution in [0.25, 0.3) is 0 Å². The molecule has 22 heteroatoms. The van der Waals surface area contributed by atoms with Crippen LogP contribution < -0.4 is 119 Å². The predicted octanol–water partition coefficient (Wildman–Crippen LogP) is -1.03. The fourth-order valence-corrected chi connectivity index (χ4v) is 12.2. The van der Waals surface area contributed by atoms with Crippen molar-refractivity contribution in [2.45, 2.75) is 188 Å². The third-order valence-corrected chi connectivity index (χ3v) is 16.0. The van der Waals surface area contributed by atoms with Gasteiger partial charge in [0.1, 0.15) is 17.8 Å². The standard InChI is InChI=1S/C40H64ClN9O8S2.2K/c1-26(51)44-36-24-31(49(21-5-6-22-59(53,54)55)30-16-14-29(41)15-17-30)18-19-34(36)46-47-38-33(25-42)37(27-9-3-2-4-10-27)48-50(38)39-35(13-8-20-43-39)45-40(52)28-11-7-12-32(23-28)60(56,57)58;;/h27-32,34-36,39,43H,2-24H2,1H3,(H,44,51)(H,45,52)(H,53,54,55)(H,56,57,58);;/q;2*+1/p-2. The Kier molecular flexibility index (Phi) is 22.9. The zero-order valence-corrected chi connectivity index (χ0v) is 45.3. The number of azo groups is 1. The van der Waals surface area contributed by atoms with Crippen molar-refractivity contribution in [3.05, 3.63) is 11.3 Å². The molecule has 5 aliphatic rings. The van der Waals surface area contributed by atoms with Crippen molar-refractivity contribution in [1.82, 2.24) is 30.6 Å². The van der Waals surface area contributed by atoms with E-state index in [4.69, 9.17) is 26.9 Å². The molecule has 336 valence electrons. The smallest absolute Gasteiger partial charge is 0.748 e. The molecular formula is C40H62ClK2N9O8S2. The Hall–Kier alpha value is 0.543. The number of rotatable bonds is 15. The summed E-state index contributed by atoms with van der Waals surface area (Å²) in [6, 6.07) is 1.43. The third kappa shape index (κ3) is 15.5. The van der Waals surface area contributed by atoms with Gasteiger partial charge in [0.15, 0.2) is 5.82 Å². The number of nitrogens with zero attached hydrogens (tertiary/aromatic N) is 6. The van der Waals surface area contributed by atoms with Crippen LogP contribution in [0.3, 0.4) is 0 Å². The summed E-state index contributed by atoms with van der Waals surface area (Å²) in [5.74, 6) is -1.19. The molecule has 62 heavy (non-hydrogen) atoms. The maximum absolute atomic E-state index is 13.7. The van der Waals surface area contributed by atoms with Gasteiger partial charge in [-0.05, 0) is 116 Å². The largest absolute Gasteiger partial charge is 1.00 e. The number of hydrogen-bond acceptors (Lipinski definition) is 14. The van der Waals surface area contributed by atoms with Gasteiger partial charge in [-0.25, -0.2) is 21.5 Å². The second-order valence-corrected chi connectivity index (χ2v) is 21.6. The molecule has 2 amide bonds. The molecule has 1 aromatic heterocycles. The number of amides is 2. The summed E-state index contributed by atoms with van der Waals surface area (Å²) in [7, 11) is -8.83. The molecular weight excluding hydrogens is 912 g/mol. The first-order valence-corrected chi connectivity index (χ1v) is 25.6. The zero-order valence-electron chi connectivity index (χ0n) is 36.7. The first-order valence-electron chi connectivity index (χ1n) is 22.1. The van der Waals surface area contributed by atoms with Gasteiger partial charge in [-0.3, -0.25) is 19.8 Å². The van der Waals surface area contributed by atoms with Crippen LogP contribution in [0.2, 0.25) is 0 Å². The fourth-order valence-electron chi connectivity index (χ4n) is 10.4. The van der Waals surface area contributed by atoms with Gasteiger partial charge in [0.05, 0.1) is 49.3 Å². The molecule has 1 aromatic rings. The molecule has 17 nitrogen and oxygen atoms in total. The molecule has 1 aliphatic heterocycles. The van der Waals surface area contributed by atoms with E-state index in [1.54, 1.807) is 4.68 Å². The predicted molar refractivity (Wildman–Crippen MR) is 222 cm³/mol. The Morgan fingerprint density at radius 1 is 0.887 bits per heavy atom. The van der Waals surface area contributed by atoms with E-state index in [1.165, 1.54) is 6.92 Å². The van der Waals surface area contributed by atoms with E-state index < -0.39 is 55.4 Å². The summed E-state index contributed by atoms with van der Waals surface area (Å²) < 4.78 is 71.3. The van der Waals surface area contributed by atoms with E-state index in [0.29, 0.717) is 62.9 Å². The third-order valence-electron chi connectivity index (χ3n) is 13.5. The zero-order chi connectivity index (χ0) is 43.0. The second-order valence-electron chi connectivity index (χ2n) is 17.8. The number of piperidine rings is 1. The van der Waals surface area contributed by atoms with Crippen LogP contribution in [0.4, 0.5) is 5.82 Å². The Bertz CT molecular complexity index is 1940. The molecule has 5 fully saturated rings. The van der Waals surface area contributed by atoms with Crippen molar-refractivity contribution in [1.29, 1.82) is 5.26 Å². The van der Waals surface area contributed by atoms with Crippen molar-refractivity contribution >= 4 is 49.5 Å². The van der Waals surface area contributed by atoms with Gasteiger partial charge >= 0.3 is 103 Å². The number of alkyl halides is 1. The SMILES string of the molecule is CC(=O)NC1CC(N(CCCCS(=O)(=O)[O-])C2CCC(Cl)CC2)CCC1N=Nc1c(C#N)c(C2CCCCC2)nn1C1NCCCC1NC(=O)C1CCCC(S(=O)(=O)[O-])C1.[K+].[K+]. The average Bonchev–Trinajstić information content (AvgIpc) is 3.58. The van der Waals surface area contributed by atoms with Crippen LogP contribution in [0, 0.1) is 17.2 Å². The minimum absolute atomic E-state index is 0. The summed E-state index contributed by atoms with van der Waals surface area (Å²) in [6.45, 7) is 2.71. The molecule has 2 heterocycles. The molecule has 6 rings (SSSR count). The Morgan fingerprint density at radius 2 is 1.60 bits per heavy atom. The minimum Gasteiger partial charge on any atom is -0.748 e. The maximum Gasteiger partial charge on any atom is 1.00 e. The molecule has 4 saturated carbocycles. The summed E-state index contributed by atoms with van der Waals surface area (Å²) in [5, 5.41) is 34.3. The molecule has 0 aromatic carbocycles.